The number of rotatable bonds is 4. The Morgan fingerprint density at radius 3 is 2.83 bits per heavy atom. The van der Waals surface area contributed by atoms with Crippen LogP contribution in [0.2, 0.25) is 0 Å². The fourth-order valence-corrected chi connectivity index (χ4v) is 4.22. The highest BCUT2D eigenvalue weighted by atomic mass is 16.5. The van der Waals surface area contributed by atoms with E-state index in [2.05, 4.69) is 37.3 Å². The van der Waals surface area contributed by atoms with E-state index in [0.717, 1.165) is 37.4 Å². The summed E-state index contributed by atoms with van der Waals surface area (Å²) in [4.78, 5) is 21.2. The van der Waals surface area contributed by atoms with Crippen LogP contribution in [0.1, 0.15) is 36.1 Å². The number of carbonyl (C=O) groups is 1. The summed E-state index contributed by atoms with van der Waals surface area (Å²) in [6.07, 6.45) is 7.41. The monoisotopic (exact) mass is 389 g/mol. The molecule has 148 valence electrons. The summed E-state index contributed by atoms with van der Waals surface area (Å²) in [5.74, 6) is 0.443. The lowest BCUT2D eigenvalue weighted by molar-refractivity contribution is 0.0845. The predicted molar refractivity (Wildman–Crippen MR) is 110 cm³/mol. The topological polar surface area (TPSA) is 81.1 Å². The number of aromatic nitrogens is 3. The lowest BCUT2D eigenvalue weighted by Gasteiger charge is -2.21. The molecular weight excluding hydrogens is 366 g/mol. The molecule has 7 heteroatoms. The number of ether oxygens (including phenoxy) is 1. The molecule has 0 radical (unpaired) electrons. The van der Waals surface area contributed by atoms with E-state index in [4.69, 9.17) is 4.74 Å². The highest BCUT2D eigenvalue weighted by molar-refractivity contribution is 5.89. The Balaban J connectivity index is 1.21. The number of urea groups is 1. The standard InChI is InChI=1S/C22H23N5O2/c28-22(26-16-5-6-19(24-11-16)15-7-9-29-10-8-15)25-13-21-18-4-2-1-3-17(18)20-12-23-14-27(20)21/h1-6,11-12,14-15,21H,7-10,13H2,(H2,25,26,28). The second-order valence-corrected chi connectivity index (χ2v) is 7.48. The van der Waals surface area contributed by atoms with Crippen LogP contribution in [0.5, 0.6) is 0 Å². The lowest BCUT2D eigenvalue weighted by atomic mass is 9.96. The summed E-state index contributed by atoms with van der Waals surface area (Å²) >= 11 is 0. The minimum absolute atomic E-state index is 0.0449. The van der Waals surface area contributed by atoms with Crippen LogP contribution < -0.4 is 10.6 Å². The number of carbonyl (C=O) groups excluding carboxylic acids is 1. The van der Waals surface area contributed by atoms with Gasteiger partial charge < -0.3 is 19.9 Å². The molecule has 0 saturated carbocycles. The summed E-state index contributed by atoms with van der Waals surface area (Å²) in [6.45, 7) is 2.06. The first-order chi connectivity index (χ1) is 14.3. The number of hydrogen-bond donors (Lipinski definition) is 2. The van der Waals surface area contributed by atoms with Crippen molar-refractivity contribution in [2.24, 2.45) is 0 Å². The van der Waals surface area contributed by atoms with Gasteiger partial charge in [0.15, 0.2) is 0 Å². The fraction of sp³-hybridized carbons (Fsp3) is 0.318. The van der Waals surface area contributed by atoms with Gasteiger partial charge in [0.2, 0.25) is 0 Å². The van der Waals surface area contributed by atoms with E-state index in [-0.39, 0.29) is 12.1 Å². The fourth-order valence-electron chi connectivity index (χ4n) is 4.22. The van der Waals surface area contributed by atoms with Crippen LogP contribution in [0, 0.1) is 0 Å². The predicted octanol–water partition coefficient (Wildman–Crippen LogP) is 3.56. The number of fused-ring (bicyclic) bond motifs is 3. The first-order valence-corrected chi connectivity index (χ1v) is 9.99. The maximum atomic E-state index is 12.4. The number of hydrogen-bond acceptors (Lipinski definition) is 4. The molecule has 5 rings (SSSR count). The molecular formula is C22H23N5O2. The molecule has 2 amide bonds. The van der Waals surface area contributed by atoms with Crippen LogP contribution >= 0.6 is 0 Å². The van der Waals surface area contributed by atoms with E-state index >= 15 is 0 Å². The zero-order valence-corrected chi connectivity index (χ0v) is 16.0. The number of nitrogens with one attached hydrogen (secondary N) is 2. The van der Waals surface area contributed by atoms with Gasteiger partial charge >= 0.3 is 6.03 Å². The van der Waals surface area contributed by atoms with Gasteiger partial charge in [-0.1, -0.05) is 24.3 Å². The molecule has 1 fully saturated rings. The summed E-state index contributed by atoms with van der Waals surface area (Å²) in [5, 5.41) is 5.86. The average Bonchev–Trinajstić information content (AvgIpc) is 3.35. The molecule has 2 aromatic heterocycles. The Labute approximate surface area is 169 Å². The number of anilines is 1. The average molecular weight is 389 g/mol. The van der Waals surface area contributed by atoms with E-state index in [1.54, 1.807) is 6.20 Å². The molecule has 2 N–H and O–H groups in total. The van der Waals surface area contributed by atoms with Gasteiger partial charge in [0.25, 0.3) is 0 Å². The Morgan fingerprint density at radius 1 is 1.14 bits per heavy atom. The molecule has 0 bridgehead atoms. The van der Waals surface area contributed by atoms with Crippen molar-refractivity contribution >= 4 is 11.7 Å². The zero-order valence-electron chi connectivity index (χ0n) is 16.0. The Bertz CT molecular complexity index is 1010. The van der Waals surface area contributed by atoms with Crippen molar-refractivity contribution in [3.05, 3.63) is 66.4 Å². The van der Waals surface area contributed by atoms with Crippen molar-refractivity contribution in [2.45, 2.75) is 24.8 Å². The molecule has 2 aliphatic heterocycles. The van der Waals surface area contributed by atoms with E-state index < -0.39 is 0 Å². The van der Waals surface area contributed by atoms with Gasteiger partial charge in [-0.25, -0.2) is 9.78 Å². The van der Waals surface area contributed by atoms with E-state index in [1.165, 1.54) is 11.1 Å². The van der Waals surface area contributed by atoms with Gasteiger partial charge in [0, 0.05) is 36.9 Å². The molecule has 1 unspecified atom stereocenters. The zero-order chi connectivity index (χ0) is 19.6. The maximum absolute atomic E-state index is 12.4. The number of pyridine rings is 1. The van der Waals surface area contributed by atoms with Crippen molar-refractivity contribution < 1.29 is 9.53 Å². The number of nitrogens with zero attached hydrogens (tertiary/aromatic N) is 3. The van der Waals surface area contributed by atoms with Crippen LogP contribution in [0.3, 0.4) is 0 Å². The molecule has 3 aromatic rings. The van der Waals surface area contributed by atoms with Gasteiger partial charge in [0.05, 0.1) is 36.1 Å². The van der Waals surface area contributed by atoms with Crippen molar-refractivity contribution in [1.29, 1.82) is 0 Å². The Morgan fingerprint density at radius 2 is 2.00 bits per heavy atom. The van der Waals surface area contributed by atoms with E-state index in [0.29, 0.717) is 18.2 Å². The molecule has 2 aliphatic rings. The van der Waals surface area contributed by atoms with Gasteiger partial charge in [-0.2, -0.15) is 0 Å². The van der Waals surface area contributed by atoms with Crippen LogP contribution in [0.4, 0.5) is 10.5 Å². The highest BCUT2D eigenvalue weighted by Gasteiger charge is 2.28. The number of amides is 2. The lowest BCUT2D eigenvalue weighted by Crippen LogP contribution is -2.33. The first-order valence-electron chi connectivity index (χ1n) is 9.99. The third-order valence-electron chi connectivity index (χ3n) is 5.74. The molecule has 1 saturated heterocycles. The normalized spacial score (nSPS) is 18.1. The van der Waals surface area contributed by atoms with Gasteiger partial charge in [-0.15, -0.1) is 0 Å². The van der Waals surface area contributed by atoms with Crippen LogP contribution in [0.15, 0.2) is 55.1 Å². The van der Waals surface area contributed by atoms with Gasteiger partial charge in [0.1, 0.15) is 0 Å². The van der Waals surface area contributed by atoms with Gasteiger partial charge in [-0.3, -0.25) is 4.98 Å². The summed E-state index contributed by atoms with van der Waals surface area (Å²) < 4.78 is 7.51. The highest BCUT2D eigenvalue weighted by Crippen LogP contribution is 2.38. The minimum Gasteiger partial charge on any atom is -0.381 e. The number of benzene rings is 1. The quantitative estimate of drug-likeness (QED) is 0.715. The van der Waals surface area contributed by atoms with Crippen LogP contribution in [0.25, 0.3) is 11.3 Å². The summed E-state index contributed by atoms with van der Waals surface area (Å²) in [6, 6.07) is 12.0. The molecule has 0 aliphatic carbocycles. The van der Waals surface area contributed by atoms with Crippen molar-refractivity contribution in [3.63, 3.8) is 0 Å². The number of imidazole rings is 1. The maximum Gasteiger partial charge on any atom is 0.319 e. The smallest absolute Gasteiger partial charge is 0.319 e. The third-order valence-corrected chi connectivity index (χ3v) is 5.74. The van der Waals surface area contributed by atoms with Crippen molar-refractivity contribution in [1.82, 2.24) is 19.9 Å². The molecule has 29 heavy (non-hydrogen) atoms. The summed E-state index contributed by atoms with van der Waals surface area (Å²) in [7, 11) is 0. The van der Waals surface area contributed by atoms with Crippen LogP contribution in [-0.4, -0.2) is 40.3 Å². The first kappa shape index (κ1) is 17.9. The van der Waals surface area contributed by atoms with E-state index in [9.17, 15) is 4.79 Å². The minimum atomic E-state index is -0.239. The largest absolute Gasteiger partial charge is 0.381 e. The van der Waals surface area contributed by atoms with Crippen molar-refractivity contribution in [3.8, 4) is 11.3 Å². The molecule has 0 spiro atoms. The SMILES string of the molecule is O=C(NCC1c2ccccc2-c2cncn21)Nc1ccc(C2CCOCC2)nc1. The summed E-state index contributed by atoms with van der Waals surface area (Å²) in [5.41, 5.74) is 5.21. The molecule has 1 atom stereocenters. The van der Waals surface area contributed by atoms with E-state index in [1.807, 2.05) is 36.8 Å². The molecule has 4 heterocycles. The Hall–Kier alpha value is -3.19. The van der Waals surface area contributed by atoms with Gasteiger partial charge in [-0.05, 0) is 30.5 Å². The second kappa shape index (κ2) is 7.67. The molecule has 1 aromatic carbocycles. The third kappa shape index (κ3) is 3.49. The van der Waals surface area contributed by atoms with Crippen molar-refractivity contribution in [2.75, 3.05) is 25.1 Å². The Kier molecular flexibility index (Phi) is 4.73. The second-order valence-electron chi connectivity index (χ2n) is 7.48. The molecule has 7 nitrogen and oxygen atoms in total. The van der Waals surface area contributed by atoms with Crippen LogP contribution in [-0.2, 0) is 4.74 Å².